The smallest absolute Gasteiger partial charge is 0.199 e. The minimum absolute atomic E-state index is 0.499. The van der Waals surface area contributed by atoms with Gasteiger partial charge in [0.2, 0.25) is 0 Å². The van der Waals surface area contributed by atoms with Crippen molar-refractivity contribution in [3.8, 4) is 45.5 Å². The largest absolute Gasteiger partial charge is 0.453 e. The van der Waals surface area contributed by atoms with Gasteiger partial charge in [0.1, 0.15) is 5.58 Å². The van der Waals surface area contributed by atoms with Crippen molar-refractivity contribution >= 4 is 42.5 Å². The number of para-hydroxylation sites is 1. The lowest BCUT2D eigenvalue weighted by atomic mass is 9.67. The van der Waals surface area contributed by atoms with Gasteiger partial charge in [-0.1, -0.05) is 152 Å². The molecule has 0 atom stereocenters. The van der Waals surface area contributed by atoms with E-state index >= 15 is 0 Å². The summed E-state index contributed by atoms with van der Waals surface area (Å²) in [7, 11) is 0. The van der Waals surface area contributed by atoms with E-state index in [2.05, 4.69) is 152 Å². The van der Waals surface area contributed by atoms with Crippen molar-refractivity contribution in [2.45, 2.75) is 5.41 Å². The highest BCUT2D eigenvalue weighted by molar-refractivity contribution is 7.25. The first-order chi connectivity index (χ1) is 26.3. The number of benzene rings is 7. The molecule has 7 aromatic carbocycles. The third-order valence-electron chi connectivity index (χ3n) is 10.6. The van der Waals surface area contributed by atoms with Crippen LogP contribution in [0.4, 0.5) is 0 Å². The summed E-state index contributed by atoms with van der Waals surface area (Å²) in [4.78, 5) is 15.6. The number of furan rings is 1. The highest BCUT2D eigenvalue weighted by Crippen LogP contribution is 2.58. The summed E-state index contributed by atoms with van der Waals surface area (Å²) in [6.45, 7) is 0. The predicted molar refractivity (Wildman–Crippen MR) is 216 cm³/mol. The van der Waals surface area contributed by atoms with Gasteiger partial charge in [-0.05, 0) is 57.6 Å². The van der Waals surface area contributed by atoms with Crippen LogP contribution in [0, 0.1) is 0 Å². The molecule has 1 aliphatic rings. The van der Waals surface area contributed by atoms with E-state index in [1.165, 1.54) is 48.0 Å². The maximum atomic E-state index is 6.39. The van der Waals surface area contributed by atoms with Crippen LogP contribution in [0.3, 0.4) is 0 Å². The van der Waals surface area contributed by atoms with Crippen LogP contribution in [0.25, 0.3) is 76.6 Å². The SMILES string of the molecule is c1ccc(C2(c3ccccc3)c3ccccc3-c3c(-c4nc(-c5ccc6c(c5)sc5ccccc56)nc(-c5cc6ccccc6o5)n4)cccc32)cc1. The van der Waals surface area contributed by atoms with Crippen LogP contribution in [-0.2, 0) is 5.41 Å². The van der Waals surface area contributed by atoms with Gasteiger partial charge in [0.05, 0.1) is 5.41 Å². The maximum absolute atomic E-state index is 6.39. The fourth-order valence-electron chi connectivity index (χ4n) is 8.37. The molecule has 0 saturated carbocycles. The summed E-state index contributed by atoms with van der Waals surface area (Å²) in [6.07, 6.45) is 0. The highest BCUT2D eigenvalue weighted by Gasteiger charge is 2.47. The van der Waals surface area contributed by atoms with Crippen molar-refractivity contribution in [3.63, 3.8) is 0 Å². The number of rotatable bonds is 5. The molecule has 10 aromatic rings. The topological polar surface area (TPSA) is 51.8 Å². The van der Waals surface area contributed by atoms with Crippen LogP contribution < -0.4 is 0 Å². The Balaban J connectivity index is 1.19. The van der Waals surface area contributed by atoms with Crippen molar-refractivity contribution in [2.75, 3.05) is 0 Å². The quantitative estimate of drug-likeness (QED) is 0.180. The average molecular weight is 696 g/mol. The molecule has 0 bridgehead atoms. The van der Waals surface area contributed by atoms with Crippen LogP contribution in [-0.4, -0.2) is 15.0 Å². The fraction of sp³-hybridized carbons (Fsp3) is 0.0208. The Labute approximate surface area is 309 Å². The molecule has 0 aliphatic heterocycles. The normalized spacial score (nSPS) is 13.1. The van der Waals surface area contributed by atoms with Crippen LogP contribution >= 0.6 is 11.3 Å². The minimum atomic E-state index is -0.534. The summed E-state index contributed by atoms with van der Waals surface area (Å²) in [6, 6.07) is 62.2. The van der Waals surface area contributed by atoms with E-state index in [0.29, 0.717) is 23.2 Å². The molecular formula is C48H29N3OS. The Bertz CT molecular complexity index is 2950. The molecule has 1 aliphatic carbocycles. The van der Waals surface area contributed by atoms with Crippen molar-refractivity contribution in [3.05, 3.63) is 198 Å². The number of aromatic nitrogens is 3. The lowest BCUT2D eigenvalue weighted by Gasteiger charge is -2.33. The second kappa shape index (κ2) is 11.7. The first-order valence-corrected chi connectivity index (χ1v) is 18.6. The van der Waals surface area contributed by atoms with Gasteiger partial charge in [0.15, 0.2) is 23.2 Å². The van der Waals surface area contributed by atoms with Gasteiger partial charge in [0, 0.05) is 36.7 Å². The van der Waals surface area contributed by atoms with E-state index in [9.17, 15) is 0 Å². The molecule has 0 saturated heterocycles. The molecule has 0 spiro atoms. The zero-order valence-electron chi connectivity index (χ0n) is 28.4. The third kappa shape index (κ3) is 4.51. The summed E-state index contributed by atoms with van der Waals surface area (Å²) >= 11 is 1.79. The van der Waals surface area contributed by atoms with Crippen molar-refractivity contribution in [2.24, 2.45) is 0 Å². The molecule has 3 heterocycles. The second-order valence-electron chi connectivity index (χ2n) is 13.5. The molecule has 11 rings (SSSR count). The van der Waals surface area contributed by atoms with Crippen LogP contribution in [0.1, 0.15) is 22.3 Å². The van der Waals surface area contributed by atoms with Gasteiger partial charge in [-0.25, -0.2) is 15.0 Å². The number of hydrogen-bond donors (Lipinski definition) is 0. The molecule has 4 nitrogen and oxygen atoms in total. The molecule has 0 amide bonds. The standard InChI is InChI=1S/C48H29N3OS/c1-3-15-32(16-4-1)48(33-17-5-2-6-18-33)38-22-10-8-20-36(38)44-37(21-13-23-39(44)48)46-49-45(50-47(51-46)41-28-30-14-7-11-24-40(30)52-41)31-26-27-35-34-19-9-12-25-42(34)53-43(35)29-31/h1-29H. The molecule has 3 aromatic heterocycles. The molecule has 53 heavy (non-hydrogen) atoms. The van der Waals surface area contributed by atoms with Crippen LogP contribution in [0.15, 0.2) is 180 Å². The molecule has 0 fully saturated rings. The predicted octanol–water partition coefficient (Wildman–Crippen LogP) is 12.3. The zero-order valence-corrected chi connectivity index (χ0v) is 29.2. The highest BCUT2D eigenvalue weighted by atomic mass is 32.1. The van der Waals surface area contributed by atoms with Crippen molar-refractivity contribution in [1.82, 2.24) is 15.0 Å². The summed E-state index contributed by atoms with van der Waals surface area (Å²) in [5.41, 5.74) is 9.31. The van der Waals surface area contributed by atoms with Crippen molar-refractivity contribution in [1.29, 1.82) is 0 Å². The Morgan fingerprint density at radius 1 is 0.453 bits per heavy atom. The monoisotopic (exact) mass is 695 g/mol. The van der Waals surface area contributed by atoms with Gasteiger partial charge < -0.3 is 4.42 Å². The Morgan fingerprint density at radius 2 is 1.09 bits per heavy atom. The Morgan fingerprint density at radius 3 is 1.92 bits per heavy atom. The second-order valence-corrected chi connectivity index (χ2v) is 14.6. The molecule has 5 heteroatoms. The van der Waals surface area contributed by atoms with Gasteiger partial charge >= 0.3 is 0 Å². The first-order valence-electron chi connectivity index (χ1n) is 17.8. The summed E-state index contributed by atoms with van der Waals surface area (Å²) in [5.74, 6) is 2.31. The van der Waals surface area contributed by atoms with Gasteiger partial charge in [-0.15, -0.1) is 11.3 Å². The summed E-state index contributed by atoms with van der Waals surface area (Å²) < 4.78 is 8.85. The average Bonchev–Trinajstić information content (AvgIpc) is 3.92. The lowest BCUT2D eigenvalue weighted by molar-refractivity contribution is 0.625. The third-order valence-corrected chi connectivity index (χ3v) is 11.8. The van der Waals surface area contributed by atoms with Crippen LogP contribution in [0.2, 0.25) is 0 Å². The lowest BCUT2D eigenvalue weighted by Crippen LogP contribution is -2.28. The number of hydrogen-bond acceptors (Lipinski definition) is 5. The van der Waals surface area contributed by atoms with E-state index in [-0.39, 0.29) is 0 Å². The number of nitrogens with zero attached hydrogens (tertiary/aromatic N) is 3. The van der Waals surface area contributed by atoms with E-state index in [1.807, 2.05) is 24.3 Å². The molecule has 0 N–H and O–H groups in total. The van der Waals surface area contributed by atoms with Crippen molar-refractivity contribution < 1.29 is 4.42 Å². The van der Waals surface area contributed by atoms with Gasteiger partial charge in [0.25, 0.3) is 0 Å². The number of fused-ring (bicyclic) bond motifs is 7. The Kier molecular flexibility index (Phi) is 6.60. The first kappa shape index (κ1) is 30.0. The fourth-order valence-corrected chi connectivity index (χ4v) is 9.52. The minimum Gasteiger partial charge on any atom is -0.453 e. The van der Waals surface area contributed by atoms with E-state index in [0.717, 1.165) is 27.7 Å². The zero-order chi connectivity index (χ0) is 34.9. The maximum Gasteiger partial charge on any atom is 0.199 e. The number of thiophene rings is 1. The van der Waals surface area contributed by atoms with E-state index < -0.39 is 5.41 Å². The molecule has 0 radical (unpaired) electrons. The van der Waals surface area contributed by atoms with Gasteiger partial charge in [-0.2, -0.15) is 0 Å². The summed E-state index contributed by atoms with van der Waals surface area (Å²) in [5, 5.41) is 3.50. The Hall–Kier alpha value is -6.69. The van der Waals surface area contributed by atoms with E-state index in [1.54, 1.807) is 11.3 Å². The molecule has 0 unspecified atom stereocenters. The molecule has 248 valence electrons. The molecular weight excluding hydrogens is 667 g/mol. The van der Waals surface area contributed by atoms with Gasteiger partial charge in [-0.3, -0.25) is 0 Å². The van der Waals surface area contributed by atoms with E-state index in [4.69, 9.17) is 19.4 Å². The van der Waals surface area contributed by atoms with Crippen LogP contribution in [0.5, 0.6) is 0 Å².